The van der Waals surface area contributed by atoms with Crippen LogP contribution < -0.4 is 0 Å². The Morgan fingerprint density at radius 1 is 1.41 bits per heavy atom. The molecule has 0 amide bonds. The first-order chi connectivity index (χ1) is 7.79. The van der Waals surface area contributed by atoms with Gasteiger partial charge in [-0.25, -0.2) is 13.2 Å². The minimum atomic E-state index is -4.16. The highest BCUT2D eigenvalue weighted by Crippen LogP contribution is 2.22. The Kier molecular flexibility index (Phi) is 3.44. The number of rotatable bonds is 4. The molecule has 2 N–H and O–H groups in total. The highest BCUT2D eigenvalue weighted by Gasteiger charge is 2.24. The lowest BCUT2D eigenvalue weighted by Gasteiger charge is -2.04. The average molecular weight is 261 g/mol. The van der Waals surface area contributed by atoms with Crippen LogP contribution in [-0.2, 0) is 9.84 Å². The van der Waals surface area contributed by atoms with Crippen molar-refractivity contribution in [2.24, 2.45) is 0 Å². The molecule has 92 valence electrons. The Morgan fingerprint density at radius 2 is 2.00 bits per heavy atom. The van der Waals surface area contributed by atoms with Gasteiger partial charge < -0.3 is 10.2 Å². The van der Waals surface area contributed by atoms with Gasteiger partial charge in [-0.15, -0.1) is 0 Å². The molecule has 17 heavy (non-hydrogen) atoms. The van der Waals surface area contributed by atoms with E-state index in [-0.39, 0.29) is 0 Å². The third kappa shape index (κ3) is 2.57. The Bertz CT molecular complexity index is 578. The number of nitrogens with zero attached hydrogens (tertiary/aromatic N) is 1. The van der Waals surface area contributed by atoms with Crippen LogP contribution in [0.15, 0.2) is 23.1 Å². The first-order valence-electron chi connectivity index (χ1n) is 4.15. The number of carbonyl (C=O) groups is 1. The molecule has 1 aromatic rings. The summed E-state index contributed by atoms with van der Waals surface area (Å²) in [6.45, 7) is 0. The molecule has 1 aromatic carbocycles. The number of hydrogen-bond acceptors (Lipinski definition) is 6. The van der Waals surface area contributed by atoms with Gasteiger partial charge >= 0.3 is 5.97 Å². The smallest absolute Gasteiger partial charge is 0.337 e. The molecule has 0 aliphatic carbocycles. The summed E-state index contributed by atoms with van der Waals surface area (Å²) < 4.78 is 22.6. The van der Waals surface area contributed by atoms with Gasteiger partial charge in [0.2, 0.25) is 9.84 Å². The number of sulfone groups is 1. The minimum Gasteiger partial charge on any atom is -0.478 e. The molecule has 0 radical (unpaired) electrons. The summed E-state index contributed by atoms with van der Waals surface area (Å²) >= 11 is 0. The predicted octanol–water partition coefficient (Wildman–Crippen LogP) is 0.0165. The number of nitro groups is 1. The van der Waals surface area contributed by atoms with E-state index in [1.165, 1.54) is 0 Å². The maximum absolute atomic E-state index is 11.3. The topological polar surface area (TPSA) is 135 Å². The van der Waals surface area contributed by atoms with Crippen molar-refractivity contribution in [3.05, 3.63) is 33.9 Å². The average Bonchev–Trinajstić information content (AvgIpc) is 2.28. The van der Waals surface area contributed by atoms with Crippen LogP contribution in [0.3, 0.4) is 0 Å². The fourth-order valence-electron chi connectivity index (χ4n) is 1.14. The number of aliphatic hydroxyl groups excluding tert-OH is 1. The molecule has 0 saturated carbocycles. The molecule has 0 aromatic heterocycles. The number of nitro benzene ring substituents is 1. The van der Waals surface area contributed by atoms with Crippen molar-refractivity contribution in [2.45, 2.75) is 4.90 Å². The van der Waals surface area contributed by atoms with Gasteiger partial charge in [-0.05, 0) is 6.07 Å². The monoisotopic (exact) mass is 261 g/mol. The van der Waals surface area contributed by atoms with E-state index in [1.807, 2.05) is 0 Å². The molecule has 9 heteroatoms. The van der Waals surface area contributed by atoms with Gasteiger partial charge in [-0.1, -0.05) is 0 Å². The quantitative estimate of drug-likeness (QED) is 0.575. The van der Waals surface area contributed by atoms with Crippen molar-refractivity contribution in [1.82, 2.24) is 0 Å². The van der Waals surface area contributed by atoms with Crippen LogP contribution in [0.2, 0.25) is 0 Å². The molecule has 0 spiro atoms. The summed E-state index contributed by atoms with van der Waals surface area (Å²) in [6.07, 6.45) is 0. The SMILES string of the molecule is O=C(O)c1cc([N+](=O)[O-])ccc1S(=O)(=O)CO. The van der Waals surface area contributed by atoms with E-state index in [2.05, 4.69) is 0 Å². The Morgan fingerprint density at radius 3 is 2.41 bits per heavy atom. The Hall–Kier alpha value is -2.00. The maximum atomic E-state index is 11.3. The summed E-state index contributed by atoms with van der Waals surface area (Å²) in [7, 11) is -4.16. The van der Waals surface area contributed by atoms with Crippen LogP contribution >= 0.6 is 0 Å². The predicted molar refractivity (Wildman–Crippen MR) is 54.3 cm³/mol. The van der Waals surface area contributed by atoms with Gasteiger partial charge in [0.15, 0.2) is 0 Å². The van der Waals surface area contributed by atoms with E-state index in [1.54, 1.807) is 0 Å². The molecule has 0 saturated heterocycles. The normalized spacial score (nSPS) is 11.1. The second-order valence-corrected chi connectivity index (χ2v) is 4.91. The van der Waals surface area contributed by atoms with Crippen molar-refractivity contribution in [3.8, 4) is 0 Å². The fourth-order valence-corrected chi connectivity index (χ4v) is 2.04. The third-order valence-electron chi connectivity index (χ3n) is 1.91. The van der Waals surface area contributed by atoms with Crippen LogP contribution in [-0.4, -0.2) is 35.5 Å². The van der Waals surface area contributed by atoms with Gasteiger partial charge in [-0.3, -0.25) is 10.1 Å². The summed E-state index contributed by atoms with van der Waals surface area (Å²) in [6, 6.07) is 2.27. The lowest BCUT2D eigenvalue weighted by atomic mass is 10.2. The van der Waals surface area contributed by atoms with Crippen LogP contribution in [0.5, 0.6) is 0 Å². The van der Waals surface area contributed by atoms with E-state index in [9.17, 15) is 23.3 Å². The fraction of sp³-hybridized carbons (Fsp3) is 0.125. The molecule has 0 aliphatic heterocycles. The molecule has 0 atom stereocenters. The summed E-state index contributed by atoms with van der Waals surface area (Å²) in [5.74, 6) is -2.90. The second kappa shape index (κ2) is 4.47. The van der Waals surface area contributed by atoms with Gasteiger partial charge in [0.1, 0.15) is 5.94 Å². The number of non-ortho nitro benzene ring substituents is 1. The molecular formula is C8H7NO7S. The van der Waals surface area contributed by atoms with Crippen molar-refractivity contribution in [2.75, 3.05) is 5.94 Å². The third-order valence-corrected chi connectivity index (χ3v) is 3.28. The largest absolute Gasteiger partial charge is 0.478 e. The van der Waals surface area contributed by atoms with Crippen molar-refractivity contribution in [3.63, 3.8) is 0 Å². The minimum absolute atomic E-state index is 0.542. The molecule has 0 aliphatic rings. The number of carboxylic acids is 1. The van der Waals surface area contributed by atoms with Crippen LogP contribution in [0.25, 0.3) is 0 Å². The molecule has 8 nitrogen and oxygen atoms in total. The van der Waals surface area contributed by atoms with Crippen LogP contribution in [0.4, 0.5) is 5.69 Å². The van der Waals surface area contributed by atoms with E-state index < -0.39 is 42.8 Å². The Labute approximate surface area is 95.2 Å². The molecular weight excluding hydrogens is 254 g/mol. The van der Waals surface area contributed by atoms with Gasteiger partial charge in [-0.2, -0.15) is 0 Å². The number of hydrogen-bond donors (Lipinski definition) is 2. The zero-order chi connectivity index (χ0) is 13.2. The maximum Gasteiger partial charge on any atom is 0.337 e. The van der Waals surface area contributed by atoms with E-state index in [0.29, 0.717) is 6.07 Å². The van der Waals surface area contributed by atoms with Crippen LogP contribution in [0.1, 0.15) is 10.4 Å². The highest BCUT2D eigenvalue weighted by molar-refractivity contribution is 7.91. The van der Waals surface area contributed by atoms with Gasteiger partial charge in [0.25, 0.3) is 5.69 Å². The lowest BCUT2D eigenvalue weighted by molar-refractivity contribution is -0.384. The number of carboxylic acid groups (broad SMARTS) is 1. The van der Waals surface area contributed by atoms with Crippen LogP contribution in [0, 0.1) is 10.1 Å². The highest BCUT2D eigenvalue weighted by atomic mass is 32.2. The standard InChI is InChI=1S/C8H7NO7S/c10-4-17(15,16)7-2-1-5(9(13)14)3-6(7)8(11)12/h1-3,10H,4H2,(H,11,12). The molecule has 1 rings (SSSR count). The van der Waals surface area contributed by atoms with E-state index in [0.717, 1.165) is 12.1 Å². The van der Waals surface area contributed by atoms with Gasteiger partial charge in [0.05, 0.1) is 15.4 Å². The second-order valence-electron chi connectivity index (χ2n) is 2.99. The number of benzene rings is 1. The van der Waals surface area contributed by atoms with Crippen molar-refractivity contribution in [1.29, 1.82) is 0 Å². The zero-order valence-electron chi connectivity index (χ0n) is 8.23. The number of aromatic carboxylic acids is 1. The van der Waals surface area contributed by atoms with E-state index >= 15 is 0 Å². The number of aliphatic hydroxyl groups is 1. The molecule has 0 bridgehead atoms. The Balaban J connectivity index is 3.54. The molecule has 0 heterocycles. The lowest BCUT2D eigenvalue weighted by Crippen LogP contribution is -2.12. The molecule has 0 unspecified atom stereocenters. The first kappa shape index (κ1) is 13.1. The van der Waals surface area contributed by atoms with Crippen molar-refractivity contribution < 1.29 is 28.3 Å². The van der Waals surface area contributed by atoms with Gasteiger partial charge in [0, 0.05) is 12.1 Å². The molecule has 0 fully saturated rings. The first-order valence-corrected chi connectivity index (χ1v) is 5.80. The zero-order valence-corrected chi connectivity index (χ0v) is 9.05. The van der Waals surface area contributed by atoms with Crippen molar-refractivity contribution >= 4 is 21.5 Å². The van der Waals surface area contributed by atoms with E-state index in [4.69, 9.17) is 10.2 Å². The summed E-state index contributed by atoms with van der Waals surface area (Å²) in [4.78, 5) is 19.7. The summed E-state index contributed by atoms with van der Waals surface area (Å²) in [5.41, 5.74) is -1.28. The summed E-state index contributed by atoms with van der Waals surface area (Å²) in [5, 5.41) is 27.8.